The van der Waals surface area contributed by atoms with Crippen LogP contribution in [0.15, 0.2) is 24.3 Å². The van der Waals surface area contributed by atoms with Gasteiger partial charge in [-0.05, 0) is 55.2 Å². The molecule has 0 saturated carbocycles. The zero-order chi connectivity index (χ0) is 21.0. The molecule has 0 aliphatic carbocycles. The number of aromatic nitrogens is 2. The van der Waals surface area contributed by atoms with Crippen molar-refractivity contribution in [2.45, 2.75) is 19.4 Å². The largest absolute Gasteiger partial charge is 0.497 e. The number of hydrogen-bond acceptors (Lipinski definition) is 6. The van der Waals surface area contributed by atoms with Gasteiger partial charge in [-0.15, -0.1) is 0 Å². The van der Waals surface area contributed by atoms with E-state index in [0.717, 1.165) is 44.8 Å². The SMILES string of the molecule is COc1ccc(CN2CCCC(CNc3c(C#N)c(=N)n(C)c(=S)n3C)C2)cc1. The van der Waals surface area contributed by atoms with Gasteiger partial charge in [0.2, 0.25) is 0 Å². The second-order valence-electron chi connectivity index (χ2n) is 7.56. The summed E-state index contributed by atoms with van der Waals surface area (Å²) in [4.78, 5) is 2.47. The average molecular weight is 413 g/mol. The maximum absolute atomic E-state index is 9.53. The van der Waals surface area contributed by atoms with Gasteiger partial charge in [-0.2, -0.15) is 5.26 Å². The van der Waals surface area contributed by atoms with E-state index >= 15 is 0 Å². The van der Waals surface area contributed by atoms with Crippen LogP contribution in [0.3, 0.4) is 0 Å². The van der Waals surface area contributed by atoms with Crippen molar-refractivity contribution in [3.05, 3.63) is 45.7 Å². The number of anilines is 1. The third-order valence-electron chi connectivity index (χ3n) is 5.56. The topological polar surface area (TPSA) is 82.0 Å². The molecule has 1 saturated heterocycles. The highest BCUT2D eigenvalue weighted by atomic mass is 32.1. The first-order chi connectivity index (χ1) is 13.9. The fourth-order valence-corrected chi connectivity index (χ4v) is 4.05. The van der Waals surface area contributed by atoms with E-state index in [1.165, 1.54) is 5.56 Å². The zero-order valence-electron chi connectivity index (χ0n) is 17.2. The number of rotatable bonds is 6. The molecule has 1 atom stereocenters. The van der Waals surface area contributed by atoms with Crippen molar-refractivity contribution in [1.29, 1.82) is 10.7 Å². The number of benzene rings is 1. The molecule has 7 nitrogen and oxygen atoms in total. The molecule has 1 aromatic heterocycles. The molecule has 0 bridgehead atoms. The predicted molar refractivity (Wildman–Crippen MR) is 115 cm³/mol. The van der Waals surface area contributed by atoms with E-state index in [2.05, 4.69) is 28.4 Å². The summed E-state index contributed by atoms with van der Waals surface area (Å²) in [6.45, 7) is 3.77. The summed E-state index contributed by atoms with van der Waals surface area (Å²) in [6, 6.07) is 10.4. The average Bonchev–Trinajstić information content (AvgIpc) is 2.74. The first kappa shape index (κ1) is 21.1. The number of ether oxygens (including phenoxy) is 1. The van der Waals surface area contributed by atoms with Gasteiger partial charge in [0.05, 0.1) is 7.11 Å². The number of nitriles is 1. The number of nitrogens with one attached hydrogen (secondary N) is 2. The highest BCUT2D eigenvalue weighted by molar-refractivity contribution is 7.71. The van der Waals surface area contributed by atoms with Gasteiger partial charge in [0, 0.05) is 33.7 Å². The summed E-state index contributed by atoms with van der Waals surface area (Å²) in [6.07, 6.45) is 2.30. The van der Waals surface area contributed by atoms with Crippen molar-refractivity contribution in [2.24, 2.45) is 20.0 Å². The molecule has 1 aliphatic rings. The van der Waals surface area contributed by atoms with Crippen LogP contribution < -0.4 is 15.5 Å². The Kier molecular flexibility index (Phi) is 6.72. The van der Waals surface area contributed by atoms with Gasteiger partial charge in [0.1, 0.15) is 28.7 Å². The summed E-state index contributed by atoms with van der Waals surface area (Å²) < 4.78 is 9.08. The molecule has 8 heteroatoms. The molecule has 2 aromatic rings. The molecular formula is C21H28N6OS. The van der Waals surface area contributed by atoms with Gasteiger partial charge in [-0.3, -0.25) is 10.3 Å². The second-order valence-corrected chi connectivity index (χ2v) is 7.92. The van der Waals surface area contributed by atoms with Crippen LogP contribution in [0.1, 0.15) is 24.0 Å². The maximum atomic E-state index is 9.53. The Hall–Kier alpha value is -2.63. The van der Waals surface area contributed by atoms with Crippen LogP contribution in [0.4, 0.5) is 5.82 Å². The quantitative estimate of drug-likeness (QED) is 0.713. The minimum Gasteiger partial charge on any atom is -0.497 e. The number of likely N-dealkylation sites (tertiary alicyclic amines) is 1. The van der Waals surface area contributed by atoms with Gasteiger partial charge < -0.3 is 19.2 Å². The van der Waals surface area contributed by atoms with Crippen LogP contribution in [0.25, 0.3) is 0 Å². The van der Waals surface area contributed by atoms with Gasteiger partial charge in [0.15, 0.2) is 4.77 Å². The normalized spacial score (nSPS) is 17.0. The highest BCUT2D eigenvalue weighted by Gasteiger charge is 2.21. The Balaban J connectivity index is 1.66. The Morgan fingerprint density at radius 2 is 2.00 bits per heavy atom. The summed E-state index contributed by atoms with van der Waals surface area (Å²) in [5, 5.41) is 21.1. The van der Waals surface area contributed by atoms with Crippen LogP contribution in [-0.2, 0) is 20.6 Å². The Morgan fingerprint density at radius 1 is 1.28 bits per heavy atom. The lowest BCUT2D eigenvalue weighted by Crippen LogP contribution is -2.38. The molecule has 2 N–H and O–H groups in total. The van der Waals surface area contributed by atoms with Crippen molar-refractivity contribution in [2.75, 3.05) is 32.1 Å². The summed E-state index contributed by atoms with van der Waals surface area (Å²) >= 11 is 5.40. The standard InChI is InChI=1S/C21H28N6OS/c1-25-19(23)18(11-22)20(26(2)21(25)29)24-12-16-5-4-10-27(14-16)13-15-6-8-17(28-3)9-7-15/h6-9,16,23-24H,4-5,10,12-14H2,1-3H3. The van der Waals surface area contributed by atoms with E-state index in [0.29, 0.717) is 22.1 Å². The molecular weight excluding hydrogens is 384 g/mol. The van der Waals surface area contributed by atoms with Gasteiger partial charge in [0.25, 0.3) is 0 Å². The maximum Gasteiger partial charge on any atom is 0.182 e. The molecule has 1 aromatic carbocycles. The van der Waals surface area contributed by atoms with E-state index in [-0.39, 0.29) is 5.49 Å². The van der Waals surface area contributed by atoms with Gasteiger partial charge in [-0.1, -0.05) is 12.1 Å². The van der Waals surface area contributed by atoms with Crippen molar-refractivity contribution in [1.82, 2.24) is 14.0 Å². The van der Waals surface area contributed by atoms with E-state index in [1.54, 1.807) is 23.3 Å². The van der Waals surface area contributed by atoms with Gasteiger partial charge >= 0.3 is 0 Å². The molecule has 0 amide bonds. The Bertz CT molecular complexity index is 1020. The number of nitrogens with zero attached hydrogens (tertiary/aromatic N) is 4. The predicted octanol–water partition coefficient (Wildman–Crippen LogP) is 2.78. The lowest BCUT2D eigenvalue weighted by atomic mass is 9.97. The van der Waals surface area contributed by atoms with Crippen molar-refractivity contribution in [3.8, 4) is 11.8 Å². The number of piperidine rings is 1. The highest BCUT2D eigenvalue weighted by Crippen LogP contribution is 2.21. The first-order valence-electron chi connectivity index (χ1n) is 9.78. The first-order valence-corrected chi connectivity index (χ1v) is 10.2. The third-order valence-corrected chi connectivity index (χ3v) is 6.10. The van der Waals surface area contributed by atoms with Crippen molar-refractivity contribution >= 4 is 18.0 Å². The lowest BCUT2D eigenvalue weighted by molar-refractivity contribution is 0.173. The summed E-state index contributed by atoms with van der Waals surface area (Å²) in [5.74, 6) is 1.99. The lowest BCUT2D eigenvalue weighted by Gasteiger charge is -2.33. The molecule has 29 heavy (non-hydrogen) atoms. The van der Waals surface area contributed by atoms with Crippen LogP contribution in [-0.4, -0.2) is 40.8 Å². The van der Waals surface area contributed by atoms with E-state index in [9.17, 15) is 5.26 Å². The third kappa shape index (κ3) is 4.69. The molecule has 1 unspecified atom stereocenters. The molecule has 1 aliphatic heterocycles. The zero-order valence-corrected chi connectivity index (χ0v) is 18.1. The second kappa shape index (κ2) is 9.25. The van der Waals surface area contributed by atoms with E-state index in [1.807, 2.05) is 19.2 Å². The minimum atomic E-state index is 0.142. The molecule has 0 radical (unpaired) electrons. The molecule has 1 fully saturated rings. The summed E-state index contributed by atoms with van der Waals surface area (Å²) in [7, 11) is 5.23. The fourth-order valence-electron chi connectivity index (χ4n) is 3.87. The molecule has 0 spiro atoms. The molecule has 154 valence electrons. The van der Waals surface area contributed by atoms with E-state index in [4.69, 9.17) is 22.4 Å². The van der Waals surface area contributed by atoms with E-state index < -0.39 is 0 Å². The van der Waals surface area contributed by atoms with Crippen LogP contribution in [0.2, 0.25) is 0 Å². The van der Waals surface area contributed by atoms with Crippen LogP contribution in [0, 0.1) is 27.4 Å². The monoisotopic (exact) mass is 412 g/mol. The van der Waals surface area contributed by atoms with Crippen molar-refractivity contribution < 1.29 is 4.74 Å². The molecule has 3 rings (SSSR count). The number of methoxy groups -OCH3 is 1. The fraction of sp³-hybridized carbons (Fsp3) is 0.476. The molecule has 2 heterocycles. The van der Waals surface area contributed by atoms with Crippen LogP contribution >= 0.6 is 12.2 Å². The Labute approximate surface area is 176 Å². The summed E-state index contributed by atoms with van der Waals surface area (Å²) in [5.41, 5.74) is 1.75. The minimum absolute atomic E-state index is 0.142. The van der Waals surface area contributed by atoms with Crippen LogP contribution in [0.5, 0.6) is 5.75 Å². The van der Waals surface area contributed by atoms with Gasteiger partial charge in [-0.25, -0.2) is 0 Å². The van der Waals surface area contributed by atoms with Crippen molar-refractivity contribution in [3.63, 3.8) is 0 Å². The Morgan fingerprint density at radius 3 is 2.66 bits per heavy atom. The number of hydrogen-bond donors (Lipinski definition) is 2. The smallest absolute Gasteiger partial charge is 0.182 e.